The van der Waals surface area contributed by atoms with E-state index in [2.05, 4.69) is 14.8 Å². The minimum atomic E-state index is -0.862. The predicted octanol–water partition coefficient (Wildman–Crippen LogP) is 2.01. The lowest BCUT2D eigenvalue weighted by atomic mass is 10.3. The molecular formula is C10H11NO5. The molecule has 0 saturated carbocycles. The Labute approximate surface area is 92.1 Å². The lowest BCUT2D eigenvalue weighted by Gasteiger charge is -2.09. The highest BCUT2D eigenvalue weighted by atomic mass is 16.7. The van der Waals surface area contributed by atoms with Crippen molar-refractivity contribution in [3.63, 3.8) is 0 Å². The van der Waals surface area contributed by atoms with Gasteiger partial charge in [0.25, 0.3) is 0 Å². The van der Waals surface area contributed by atoms with Crippen LogP contribution in [0.25, 0.3) is 0 Å². The lowest BCUT2D eigenvalue weighted by Crippen LogP contribution is -2.14. The molecule has 0 aromatic heterocycles. The molecule has 0 unspecified atom stereocenters. The monoisotopic (exact) mass is 225 g/mol. The predicted molar refractivity (Wildman–Crippen MR) is 55.5 cm³/mol. The maximum atomic E-state index is 11.0. The van der Waals surface area contributed by atoms with Gasteiger partial charge in [-0.15, -0.1) is 0 Å². The summed E-state index contributed by atoms with van der Waals surface area (Å²) >= 11 is 0. The van der Waals surface area contributed by atoms with Crippen LogP contribution in [0, 0.1) is 0 Å². The van der Waals surface area contributed by atoms with Crippen LogP contribution in [-0.2, 0) is 9.47 Å². The van der Waals surface area contributed by atoms with E-state index >= 15 is 0 Å². The zero-order valence-electron chi connectivity index (χ0n) is 8.85. The largest absolute Gasteiger partial charge is 0.513 e. The Morgan fingerprint density at radius 1 is 1.12 bits per heavy atom. The normalized spacial score (nSPS) is 9.12. The van der Waals surface area contributed by atoms with Gasteiger partial charge in [-0.1, -0.05) is 12.1 Å². The summed E-state index contributed by atoms with van der Waals surface area (Å²) in [6.45, 7) is 0. The van der Waals surface area contributed by atoms with Crippen molar-refractivity contribution in [1.82, 2.24) is 0 Å². The fourth-order valence-corrected chi connectivity index (χ4v) is 0.951. The minimum absolute atomic E-state index is 0.180. The summed E-state index contributed by atoms with van der Waals surface area (Å²) in [6, 6.07) is 6.41. The summed E-state index contributed by atoms with van der Waals surface area (Å²) in [5.74, 6) is 0.180. The molecule has 86 valence electrons. The zero-order chi connectivity index (χ0) is 12.0. The molecule has 6 nitrogen and oxygen atoms in total. The van der Waals surface area contributed by atoms with Crippen molar-refractivity contribution < 1.29 is 23.8 Å². The summed E-state index contributed by atoms with van der Waals surface area (Å²) in [5.41, 5.74) is 0.319. The number of nitrogens with one attached hydrogen (secondary N) is 1. The first-order valence-corrected chi connectivity index (χ1v) is 4.37. The fraction of sp³-hybridized carbons (Fsp3) is 0.200. The van der Waals surface area contributed by atoms with E-state index in [1.165, 1.54) is 20.3 Å². The number of anilines is 1. The minimum Gasteiger partial charge on any atom is -0.453 e. The second-order valence-corrected chi connectivity index (χ2v) is 2.67. The molecule has 0 aliphatic rings. The van der Waals surface area contributed by atoms with Gasteiger partial charge in [-0.05, 0) is 12.1 Å². The molecule has 0 spiro atoms. The van der Waals surface area contributed by atoms with Crippen LogP contribution in [0.1, 0.15) is 0 Å². The third-order valence-electron chi connectivity index (χ3n) is 1.67. The number of methoxy groups -OCH3 is 2. The molecule has 16 heavy (non-hydrogen) atoms. The smallest absolute Gasteiger partial charge is 0.453 e. The molecule has 0 atom stereocenters. The maximum Gasteiger partial charge on any atom is 0.513 e. The first-order chi connectivity index (χ1) is 7.67. The first-order valence-electron chi connectivity index (χ1n) is 4.37. The van der Waals surface area contributed by atoms with Gasteiger partial charge in [0.15, 0.2) is 5.75 Å². The van der Waals surface area contributed by atoms with E-state index in [9.17, 15) is 9.59 Å². The van der Waals surface area contributed by atoms with E-state index in [4.69, 9.17) is 4.74 Å². The van der Waals surface area contributed by atoms with Gasteiger partial charge in [0, 0.05) is 0 Å². The molecule has 0 aliphatic heterocycles. The number of para-hydroxylation sites is 2. The van der Waals surface area contributed by atoms with E-state index in [0.717, 1.165) is 0 Å². The van der Waals surface area contributed by atoms with Crippen LogP contribution in [0.2, 0.25) is 0 Å². The van der Waals surface area contributed by atoms with Crippen molar-refractivity contribution in [2.45, 2.75) is 0 Å². The zero-order valence-corrected chi connectivity index (χ0v) is 8.85. The van der Waals surface area contributed by atoms with Gasteiger partial charge in [-0.25, -0.2) is 9.59 Å². The molecule has 0 aliphatic carbocycles. The summed E-state index contributed by atoms with van der Waals surface area (Å²) < 4.78 is 13.6. The summed E-state index contributed by atoms with van der Waals surface area (Å²) in [6.07, 6.45) is -1.51. The number of carbonyl (C=O) groups excluding carboxylic acids is 2. The summed E-state index contributed by atoms with van der Waals surface area (Å²) in [5, 5.41) is 2.40. The van der Waals surface area contributed by atoms with E-state index in [1.54, 1.807) is 18.2 Å². The third kappa shape index (κ3) is 3.16. The van der Waals surface area contributed by atoms with Gasteiger partial charge in [0.05, 0.1) is 19.9 Å². The Morgan fingerprint density at radius 3 is 2.44 bits per heavy atom. The number of carbonyl (C=O) groups is 2. The van der Waals surface area contributed by atoms with Gasteiger partial charge in [-0.2, -0.15) is 0 Å². The van der Waals surface area contributed by atoms with Crippen LogP contribution in [0.15, 0.2) is 24.3 Å². The van der Waals surface area contributed by atoms with Crippen LogP contribution in [-0.4, -0.2) is 26.5 Å². The van der Waals surface area contributed by atoms with E-state index in [0.29, 0.717) is 5.69 Å². The Bertz CT molecular complexity index is 354. The number of hydrogen-bond acceptors (Lipinski definition) is 5. The molecule has 6 heteroatoms. The van der Waals surface area contributed by atoms with Crippen molar-refractivity contribution in [2.24, 2.45) is 0 Å². The van der Waals surface area contributed by atoms with Gasteiger partial charge < -0.3 is 14.2 Å². The Hall–Kier alpha value is -2.24. The van der Waals surface area contributed by atoms with Gasteiger partial charge in [-0.3, -0.25) is 5.32 Å². The third-order valence-corrected chi connectivity index (χ3v) is 1.67. The molecule has 0 saturated heterocycles. The molecule has 0 heterocycles. The molecule has 1 aromatic rings. The molecule has 1 rings (SSSR count). The van der Waals surface area contributed by atoms with Crippen LogP contribution in [0.5, 0.6) is 5.75 Å². The van der Waals surface area contributed by atoms with Crippen molar-refractivity contribution in [2.75, 3.05) is 19.5 Å². The summed E-state index contributed by atoms with van der Waals surface area (Å²) in [4.78, 5) is 21.9. The summed E-state index contributed by atoms with van der Waals surface area (Å²) in [7, 11) is 2.43. The van der Waals surface area contributed by atoms with Crippen LogP contribution >= 0.6 is 0 Å². The second-order valence-electron chi connectivity index (χ2n) is 2.67. The van der Waals surface area contributed by atoms with Gasteiger partial charge >= 0.3 is 12.2 Å². The van der Waals surface area contributed by atoms with E-state index in [1.807, 2.05) is 0 Å². The number of rotatable bonds is 2. The van der Waals surface area contributed by atoms with E-state index < -0.39 is 12.2 Å². The Kier molecular flexibility index (Phi) is 4.14. The van der Waals surface area contributed by atoms with Crippen molar-refractivity contribution in [3.8, 4) is 5.75 Å². The molecule has 1 amide bonds. The van der Waals surface area contributed by atoms with Crippen molar-refractivity contribution in [1.29, 1.82) is 0 Å². The van der Waals surface area contributed by atoms with Gasteiger partial charge in [0.2, 0.25) is 0 Å². The first kappa shape index (κ1) is 11.8. The Morgan fingerprint density at radius 2 is 1.81 bits per heavy atom. The quantitative estimate of drug-likeness (QED) is 0.615. The molecular weight excluding hydrogens is 214 g/mol. The number of hydrogen-bond donors (Lipinski definition) is 1. The molecule has 0 fully saturated rings. The highest BCUT2D eigenvalue weighted by molar-refractivity contribution is 5.87. The Balaban J connectivity index is 2.83. The number of benzene rings is 1. The molecule has 1 N–H and O–H groups in total. The SMILES string of the molecule is COC(=O)Nc1ccccc1OC(=O)OC. The highest BCUT2D eigenvalue weighted by Gasteiger charge is 2.10. The lowest BCUT2D eigenvalue weighted by molar-refractivity contribution is 0.121. The topological polar surface area (TPSA) is 73.9 Å². The molecule has 0 bridgehead atoms. The van der Waals surface area contributed by atoms with Gasteiger partial charge in [0.1, 0.15) is 0 Å². The second kappa shape index (κ2) is 5.59. The molecule has 0 radical (unpaired) electrons. The number of amides is 1. The highest BCUT2D eigenvalue weighted by Crippen LogP contribution is 2.24. The average Bonchev–Trinajstić information content (AvgIpc) is 2.31. The maximum absolute atomic E-state index is 11.0. The fourth-order valence-electron chi connectivity index (χ4n) is 0.951. The standard InChI is InChI=1S/C10H11NO5/c1-14-9(12)11-7-5-3-4-6-8(7)16-10(13)15-2/h3-6H,1-2H3,(H,11,12). The van der Waals surface area contributed by atoms with Crippen molar-refractivity contribution >= 4 is 17.9 Å². The van der Waals surface area contributed by atoms with Crippen LogP contribution in [0.4, 0.5) is 15.3 Å². The van der Waals surface area contributed by atoms with Crippen LogP contribution in [0.3, 0.4) is 0 Å². The molecule has 1 aromatic carbocycles. The average molecular weight is 225 g/mol. The number of ether oxygens (including phenoxy) is 3. The van der Waals surface area contributed by atoms with E-state index in [-0.39, 0.29) is 5.75 Å². The van der Waals surface area contributed by atoms with Crippen LogP contribution < -0.4 is 10.1 Å². The van der Waals surface area contributed by atoms with Crippen molar-refractivity contribution in [3.05, 3.63) is 24.3 Å².